The molecule has 8 heteroatoms. The monoisotopic (exact) mass is 340 g/mol. The molecule has 1 aromatic carbocycles. The standard InChI is InChI=1S/C15H24N4O3S/c1-16-15(20)14-12-18(11-13-7-5-4-6-8-13)9-10-19(14)23(21,22)17(2)3/h4-8,14H,9-12H2,1-3H3,(H,16,20)/t14-/m1/s1. The van der Waals surface area contributed by atoms with Gasteiger partial charge in [-0.05, 0) is 5.56 Å². The number of amides is 1. The second kappa shape index (κ2) is 7.39. The first-order valence-corrected chi connectivity index (χ1v) is 8.93. The van der Waals surface area contributed by atoms with Crippen molar-refractivity contribution in [2.45, 2.75) is 12.6 Å². The summed E-state index contributed by atoms with van der Waals surface area (Å²) in [5.41, 5.74) is 1.15. The average Bonchev–Trinajstić information content (AvgIpc) is 2.54. The Morgan fingerprint density at radius 1 is 1.26 bits per heavy atom. The van der Waals surface area contributed by atoms with E-state index in [1.165, 1.54) is 25.4 Å². The Hall–Kier alpha value is -1.48. The van der Waals surface area contributed by atoms with Crippen molar-refractivity contribution in [3.8, 4) is 0 Å². The van der Waals surface area contributed by atoms with E-state index in [-0.39, 0.29) is 5.91 Å². The van der Waals surface area contributed by atoms with Gasteiger partial charge in [0, 0.05) is 47.3 Å². The van der Waals surface area contributed by atoms with Gasteiger partial charge in [-0.1, -0.05) is 30.3 Å². The van der Waals surface area contributed by atoms with Crippen LogP contribution in [0, 0.1) is 0 Å². The molecule has 1 amide bonds. The smallest absolute Gasteiger partial charge is 0.282 e. The lowest BCUT2D eigenvalue weighted by Crippen LogP contribution is -2.61. The third-order valence-corrected chi connectivity index (χ3v) is 5.92. The summed E-state index contributed by atoms with van der Waals surface area (Å²) < 4.78 is 27.3. The lowest BCUT2D eigenvalue weighted by molar-refractivity contribution is -0.126. The second-order valence-electron chi connectivity index (χ2n) is 5.75. The van der Waals surface area contributed by atoms with Gasteiger partial charge >= 0.3 is 0 Å². The van der Waals surface area contributed by atoms with Crippen molar-refractivity contribution >= 4 is 16.1 Å². The quantitative estimate of drug-likeness (QED) is 0.801. The zero-order valence-electron chi connectivity index (χ0n) is 13.8. The Bertz CT molecular complexity index is 633. The van der Waals surface area contributed by atoms with Gasteiger partial charge in [-0.2, -0.15) is 17.0 Å². The fourth-order valence-corrected chi connectivity index (χ4v) is 3.89. The van der Waals surface area contributed by atoms with Gasteiger partial charge in [0.15, 0.2) is 0 Å². The van der Waals surface area contributed by atoms with Crippen molar-refractivity contribution in [1.82, 2.24) is 18.8 Å². The lowest BCUT2D eigenvalue weighted by atomic mass is 10.1. The maximum absolute atomic E-state index is 12.4. The van der Waals surface area contributed by atoms with Crippen molar-refractivity contribution in [3.63, 3.8) is 0 Å². The van der Waals surface area contributed by atoms with E-state index in [0.29, 0.717) is 26.2 Å². The highest BCUT2D eigenvalue weighted by atomic mass is 32.2. The fourth-order valence-electron chi connectivity index (χ4n) is 2.67. The number of benzene rings is 1. The Kier molecular flexibility index (Phi) is 5.74. The maximum Gasteiger partial charge on any atom is 0.282 e. The zero-order chi connectivity index (χ0) is 17.0. The van der Waals surface area contributed by atoms with Gasteiger partial charge in [-0.3, -0.25) is 9.69 Å². The Morgan fingerprint density at radius 2 is 1.91 bits per heavy atom. The van der Waals surface area contributed by atoms with Crippen LogP contribution in [0.15, 0.2) is 30.3 Å². The predicted octanol–water partition coefficient (Wildman–Crippen LogP) is -0.275. The number of nitrogens with zero attached hydrogens (tertiary/aromatic N) is 3. The fraction of sp³-hybridized carbons (Fsp3) is 0.533. The highest BCUT2D eigenvalue weighted by Gasteiger charge is 2.39. The molecule has 1 aromatic rings. The van der Waals surface area contributed by atoms with E-state index in [2.05, 4.69) is 10.2 Å². The van der Waals surface area contributed by atoms with Crippen LogP contribution >= 0.6 is 0 Å². The molecule has 0 bridgehead atoms. The minimum Gasteiger partial charge on any atom is -0.358 e. The molecular weight excluding hydrogens is 316 g/mol. The van der Waals surface area contributed by atoms with E-state index in [4.69, 9.17) is 0 Å². The van der Waals surface area contributed by atoms with Crippen LogP contribution in [0.5, 0.6) is 0 Å². The molecule has 1 fully saturated rings. The van der Waals surface area contributed by atoms with E-state index in [9.17, 15) is 13.2 Å². The minimum atomic E-state index is -3.62. The third kappa shape index (κ3) is 4.08. The summed E-state index contributed by atoms with van der Waals surface area (Å²) in [7, 11) is 0.863. The second-order valence-corrected chi connectivity index (χ2v) is 7.85. The van der Waals surface area contributed by atoms with Crippen LogP contribution in [-0.2, 0) is 21.5 Å². The molecule has 1 aliphatic heterocycles. The summed E-state index contributed by atoms with van der Waals surface area (Å²) in [5, 5.41) is 2.57. The molecule has 0 aliphatic carbocycles. The number of nitrogens with one attached hydrogen (secondary N) is 1. The molecule has 0 saturated carbocycles. The molecule has 2 rings (SSSR count). The molecule has 1 heterocycles. The van der Waals surface area contributed by atoms with Crippen LogP contribution in [0.2, 0.25) is 0 Å². The number of piperazine rings is 1. The van der Waals surface area contributed by atoms with Crippen LogP contribution in [0.25, 0.3) is 0 Å². The van der Waals surface area contributed by atoms with Crippen molar-refractivity contribution in [2.24, 2.45) is 0 Å². The Morgan fingerprint density at radius 3 is 2.48 bits per heavy atom. The lowest BCUT2D eigenvalue weighted by Gasteiger charge is -2.40. The topological polar surface area (TPSA) is 73.0 Å². The van der Waals surface area contributed by atoms with Crippen LogP contribution in [0.4, 0.5) is 0 Å². The largest absolute Gasteiger partial charge is 0.358 e. The highest BCUT2D eigenvalue weighted by molar-refractivity contribution is 7.86. The molecule has 1 aliphatic rings. The highest BCUT2D eigenvalue weighted by Crippen LogP contribution is 2.18. The van der Waals surface area contributed by atoms with Crippen LogP contribution in [0.1, 0.15) is 5.56 Å². The molecule has 0 unspecified atom stereocenters. The summed E-state index contributed by atoms with van der Waals surface area (Å²) in [5.74, 6) is -0.284. The molecular formula is C15H24N4O3S. The van der Waals surface area contributed by atoms with Crippen LogP contribution in [-0.4, -0.2) is 74.7 Å². The van der Waals surface area contributed by atoms with Crippen LogP contribution < -0.4 is 5.32 Å². The number of carbonyl (C=O) groups is 1. The third-order valence-electron chi connectivity index (χ3n) is 3.97. The van der Waals surface area contributed by atoms with Gasteiger partial charge in [-0.25, -0.2) is 0 Å². The summed E-state index contributed by atoms with van der Waals surface area (Å²) in [4.78, 5) is 14.3. The first-order chi connectivity index (χ1) is 10.9. The zero-order valence-corrected chi connectivity index (χ0v) is 14.6. The van der Waals surface area contributed by atoms with Gasteiger partial charge in [0.2, 0.25) is 5.91 Å². The van der Waals surface area contributed by atoms with Crippen molar-refractivity contribution < 1.29 is 13.2 Å². The van der Waals surface area contributed by atoms with Crippen LogP contribution in [0.3, 0.4) is 0 Å². The molecule has 0 radical (unpaired) electrons. The molecule has 1 atom stereocenters. The number of likely N-dealkylation sites (N-methyl/N-ethyl adjacent to an activating group) is 1. The summed E-state index contributed by atoms with van der Waals surface area (Å²) in [6.07, 6.45) is 0. The number of rotatable bonds is 5. The molecule has 0 aromatic heterocycles. The van der Waals surface area contributed by atoms with Gasteiger partial charge in [0.25, 0.3) is 10.2 Å². The summed E-state index contributed by atoms with van der Waals surface area (Å²) in [6, 6.07) is 9.23. The number of hydrogen-bond acceptors (Lipinski definition) is 4. The molecule has 7 nitrogen and oxygen atoms in total. The van der Waals surface area contributed by atoms with E-state index in [1.54, 1.807) is 0 Å². The van der Waals surface area contributed by atoms with E-state index >= 15 is 0 Å². The molecule has 0 spiro atoms. The summed E-state index contributed by atoms with van der Waals surface area (Å²) in [6.45, 7) is 1.96. The first kappa shape index (κ1) is 17.9. The Labute approximate surface area is 138 Å². The summed E-state index contributed by atoms with van der Waals surface area (Å²) >= 11 is 0. The van der Waals surface area contributed by atoms with Gasteiger partial charge < -0.3 is 5.32 Å². The molecule has 128 valence electrons. The minimum absolute atomic E-state index is 0.284. The predicted molar refractivity (Wildman–Crippen MR) is 88.9 cm³/mol. The first-order valence-electron chi connectivity index (χ1n) is 7.53. The van der Waals surface area contributed by atoms with Gasteiger partial charge in [0.05, 0.1) is 0 Å². The number of carbonyl (C=O) groups excluding carboxylic acids is 1. The number of hydrogen-bond donors (Lipinski definition) is 1. The normalized spacial score (nSPS) is 20.6. The van der Waals surface area contributed by atoms with E-state index in [0.717, 1.165) is 9.87 Å². The van der Waals surface area contributed by atoms with E-state index in [1.807, 2.05) is 30.3 Å². The Balaban J connectivity index is 2.16. The van der Waals surface area contributed by atoms with Gasteiger partial charge in [-0.15, -0.1) is 0 Å². The van der Waals surface area contributed by atoms with Gasteiger partial charge in [0.1, 0.15) is 6.04 Å². The van der Waals surface area contributed by atoms with Crippen molar-refractivity contribution in [1.29, 1.82) is 0 Å². The SMILES string of the molecule is CNC(=O)[C@H]1CN(Cc2ccccc2)CCN1S(=O)(=O)N(C)C. The molecule has 1 saturated heterocycles. The maximum atomic E-state index is 12.4. The molecule has 23 heavy (non-hydrogen) atoms. The van der Waals surface area contributed by atoms with Crippen molar-refractivity contribution in [2.75, 3.05) is 40.8 Å². The average molecular weight is 340 g/mol. The van der Waals surface area contributed by atoms with Crippen molar-refractivity contribution in [3.05, 3.63) is 35.9 Å². The molecule has 1 N–H and O–H groups in total. The van der Waals surface area contributed by atoms with E-state index < -0.39 is 16.3 Å².